The number of benzene rings is 2. The highest BCUT2D eigenvalue weighted by molar-refractivity contribution is 5.94. The van der Waals surface area contributed by atoms with Crippen molar-refractivity contribution in [3.05, 3.63) is 70.8 Å². The zero-order valence-electron chi connectivity index (χ0n) is 17.1. The first-order chi connectivity index (χ1) is 13.3. The van der Waals surface area contributed by atoms with Crippen LogP contribution in [0.4, 0.5) is 4.79 Å². The quantitative estimate of drug-likeness (QED) is 0.557. The molecule has 4 N–H and O–H groups in total. The third-order valence-electron chi connectivity index (χ3n) is 4.19. The Morgan fingerprint density at radius 2 is 1.54 bits per heavy atom. The third-order valence-corrected chi connectivity index (χ3v) is 4.19. The van der Waals surface area contributed by atoms with E-state index < -0.39 is 0 Å². The van der Waals surface area contributed by atoms with Gasteiger partial charge >= 0.3 is 6.03 Å². The van der Waals surface area contributed by atoms with E-state index in [2.05, 4.69) is 42.2 Å². The Hall–Kier alpha value is -2.86. The lowest BCUT2D eigenvalue weighted by atomic mass is 10.1. The van der Waals surface area contributed by atoms with Gasteiger partial charge in [0.15, 0.2) is 0 Å². The highest BCUT2D eigenvalue weighted by Gasteiger charge is 2.09. The molecule has 0 spiro atoms. The Labute approximate surface area is 167 Å². The van der Waals surface area contributed by atoms with Crippen molar-refractivity contribution in [2.24, 2.45) is 0 Å². The van der Waals surface area contributed by atoms with Crippen molar-refractivity contribution in [2.45, 2.75) is 39.5 Å². The van der Waals surface area contributed by atoms with Crippen molar-refractivity contribution in [1.82, 2.24) is 16.0 Å². The SMILES string of the molecule is CC(C)NC(=O)NCc1ccc(C(=O)NCc2ccccc2C[NH+](C)C)cc1. The van der Waals surface area contributed by atoms with Gasteiger partial charge in [0.05, 0.1) is 14.1 Å². The van der Waals surface area contributed by atoms with Crippen LogP contribution in [0.5, 0.6) is 0 Å². The third kappa shape index (κ3) is 7.04. The normalized spacial score (nSPS) is 10.8. The minimum absolute atomic E-state index is 0.0929. The summed E-state index contributed by atoms with van der Waals surface area (Å²) in [5, 5.41) is 8.56. The monoisotopic (exact) mass is 383 g/mol. The average molecular weight is 384 g/mol. The van der Waals surface area contributed by atoms with Crippen molar-refractivity contribution in [2.75, 3.05) is 14.1 Å². The number of rotatable bonds is 8. The molecule has 3 amide bonds. The molecular weight excluding hydrogens is 352 g/mol. The highest BCUT2D eigenvalue weighted by atomic mass is 16.2. The molecule has 0 heterocycles. The van der Waals surface area contributed by atoms with E-state index in [1.807, 2.05) is 38.1 Å². The molecule has 2 aromatic carbocycles. The number of urea groups is 1. The summed E-state index contributed by atoms with van der Waals surface area (Å²) in [5.74, 6) is -0.107. The Balaban J connectivity index is 1.89. The molecule has 6 heteroatoms. The summed E-state index contributed by atoms with van der Waals surface area (Å²) < 4.78 is 0. The second-order valence-electron chi connectivity index (χ2n) is 7.51. The van der Waals surface area contributed by atoms with Gasteiger partial charge in [0.25, 0.3) is 5.91 Å². The second-order valence-corrected chi connectivity index (χ2v) is 7.51. The van der Waals surface area contributed by atoms with E-state index in [0.29, 0.717) is 18.7 Å². The maximum absolute atomic E-state index is 12.5. The van der Waals surface area contributed by atoms with Gasteiger partial charge in [-0.2, -0.15) is 0 Å². The topological polar surface area (TPSA) is 74.7 Å². The van der Waals surface area contributed by atoms with E-state index in [9.17, 15) is 9.59 Å². The second kappa shape index (κ2) is 10.5. The molecular formula is C22H31N4O2+. The molecule has 0 fully saturated rings. The molecule has 0 saturated carbocycles. The Kier molecular flexibility index (Phi) is 8.02. The number of hydrogen-bond acceptors (Lipinski definition) is 2. The van der Waals surface area contributed by atoms with E-state index in [1.54, 1.807) is 12.1 Å². The van der Waals surface area contributed by atoms with Crippen LogP contribution in [0.15, 0.2) is 48.5 Å². The molecule has 0 atom stereocenters. The lowest BCUT2D eigenvalue weighted by Crippen LogP contribution is -3.04. The molecule has 2 aromatic rings. The molecule has 150 valence electrons. The summed E-state index contributed by atoms with van der Waals surface area (Å²) in [5.41, 5.74) is 3.92. The van der Waals surface area contributed by atoms with Crippen LogP contribution in [0, 0.1) is 0 Å². The number of quaternary nitrogens is 1. The molecule has 0 radical (unpaired) electrons. The van der Waals surface area contributed by atoms with Gasteiger partial charge in [-0.3, -0.25) is 4.79 Å². The van der Waals surface area contributed by atoms with E-state index in [-0.39, 0.29) is 18.0 Å². The van der Waals surface area contributed by atoms with Gasteiger partial charge in [-0.15, -0.1) is 0 Å². The first-order valence-corrected chi connectivity index (χ1v) is 9.62. The standard InChI is InChI=1S/C22H30N4O2/c1-16(2)25-22(28)24-13-17-9-11-18(12-10-17)21(27)23-14-19-7-5-6-8-20(19)15-26(3)4/h5-12,16H,13-15H2,1-4H3,(H,23,27)(H2,24,25,28)/p+1. The molecule has 0 aromatic heterocycles. The van der Waals surface area contributed by atoms with Gasteiger partial charge in [0.1, 0.15) is 6.54 Å². The summed E-state index contributed by atoms with van der Waals surface area (Å²) in [6, 6.07) is 15.3. The summed E-state index contributed by atoms with van der Waals surface area (Å²) in [6.07, 6.45) is 0. The molecule has 0 unspecified atom stereocenters. The van der Waals surface area contributed by atoms with Crippen LogP contribution in [0.3, 0.4) is 0 Å². The lowest BCUT2D eigenvalue weighted by molar-refractivity contribution is -0.872. The van der Waals surface area contributed by atoms with Crippen LogP contribution in [-0.4, -0.2) is 32.1 Å². The molecule has 0 aliphatic rings. The highest BCUT2D eigenvalue weighted by Crippen LogP contribution is 2.09. The molecule has 6 nitrogen and oxygen atoms in total. The van der Waals surface area contributed by atoms with Crippen molar-refractivity contribution in [1.29, 1.82) is 0 Å². The van der Waals surface area contributed by atoms with E-state index in [1.165, 1.54) is 10.5 Å². The van der Waals surface area contributed by atoms with Crippen molar-refractivity contribution >= 4 is 11.9 Å². The van der Waals surface area contributed by atoms with Crippen LogP contribution >= 0.6 is 0 Å². The molecule has 0 aliphatic carbocycles. The minimum atomic E-state index is -0.199. The molecule has 28 heavy (non-hydrogen) atoms. The predicted molar refractivity (Wildman–Crippen MR) is 111 cm³/mol. The first kappa shape index (κ1) is 21.4. The fourth-order valence-corrected chi connectivity index (χ4v) is 2.83. The van der Waals surface area contributed by atoms with Gasteiger partial charge in [0.2, 0.25) is 0 Å². The maximum Gasteiger partial charge on any atom is 0.315 e. The van der Waals surface area contributed by atoms with E-state index >= 15 is 0 Å². The smallest absolute Gasteiger partial charge is 0.315 e. The van der Waals surface area contributed by atoms with Crippen LogP contribution in [0.2, 0.25) is 0 Å². The zero-order valence-corrected chi connectivity index (χ0v) is 17.1. The van der Waals surface area contributed by atoms with Crippen molar-refractivity contribution < 1.29 is 14.5 Å². The number of carbonyl (C=O) groups is 2. The summed E-state index contributed by atoms with van der Waals surface area (Å²) in [6.45, 7) is 5.65. The fourth-order valence-electron chi connectivity index (χ4n) is 2.83. The first-order valence-electron chi connectivity index (χ1n) is 9.62. The molecule has 0 saturated heterocycles. The predicted octanol–water partition coefficient (Wildman–Crippen LogP) is 1.47. The molecule has 0 bridgehead atoms. The average Bonchev–Trinajstić information content (AvgIpc) is 2.65. The Morgan fingerprint density at radius 1 is 0.893 bits per heavy atom. The van der Waals surface area contributed by atoms with Gasteiger partial charge in [0, 0.05) is 30.3 Å². The summed E-state index contributed by atoms with van der Waals surface area (Å²) >= 11 is 0. The van der Waals surface area contributed by atoms with Crippen LogP contribution < -0.4 is 20.9 Å². The number of hydrogen-bond donors (Lipinski definition) is 4. The van der Waals surface area contributed by atoms with E-state index in [4.69, 9.17) is 0 Å². The van der Waals surface area contributed by atoms with Crippen LogP contribution in [0.1, 0.15) is 40.9 Å². The summed E-state index contributed by atoms with van der Waals surface area (Å²) in [4.78, 5) is 25.4. The zero-order chi connectivity index (χ0) is 20.5. The number of amides is 3. The largest absolute Gasteiger partial charge is 0.348 e. The van der Waals surface area contributed by atoms with Gasteiger partial charge < -0.3 is 20.9 Å². The van der Waals surface area contributed by atoms with Crippen molar-refractivity contribution in [3.63, 3.8) is 0 Å². The molecule has 2 rings (SSSR count). The minimum Gasteiger partial charge on any atom is -0.348 e. The Morgan fingerprint density at radius 3 is 2.14 bits per heavy atom. The number of nitrogens with one attached hydrogen (secondary N) is 4. The fraction of sp³-hybridized carbons (Fsp3) is 0.364. The van der Waals surface area contributed by atoms with Gasteiger partial charge in [-0.25, -0.2) is 4.79 Å². The van der Waals surface area contributed by atoms with Crippen LogP contribution in [-0.2, 0) is 19.6 Å². The van der Waals surface area contributed by atoms with Gasteiger partial charge in [-0.05, 0) is 37.1 Å². The maximum atomic E-state index is 12.5. The Bertz CT molecular complexity index is 785. The summed E-state index contributed by atoms with van der Waals surface area (Å²) in [7, 11) is 4.22. The van der Waals surface area contributed by atoms with Gasteiger partial charge in [-0.1, -0.05) is 36.4 Å². The van der Waals surface area contributed by atoms with Crippen LogP contribution in [0.25, 0.3) is 0 Å². The molecule has 0 aliphatic heterocycles. The number of carbonyl (C=O) groups excluding carboxylic acids is 2. The lowest BCUT2D eigenvalue weighted by Gasteiger charge is -2.13. The van der Waals surface area contributed by atoms with Crippen molar-refractivity contribution in [3.8, 4) is 0 Å². The van der Waals surface area contributed by atoms with E-state index in [0.717, 1.165) is 17.7 Å².